The Kier molecular flexibility index (Phi) is 3.31. The van der Waals surface area contributed by atoms with Gasteiger partial charge in [0.2, 0.25) is 5.91 Å². The first-order valence-corrected chi connectivity index (χ1v) is 7.81. The first kappa shape index (κ1) is 14.2. The molecular formula is C18H24N2O. The van der Waals surface area contributed by atoms with Crippen LogP contribution < -0.4 is 0 Å². The smallest absolute Gasteiger partial charge is 0.228 e. The minimum atomic E-state index is -0.314. The summed E-state index contributed by atoms with van der Waals surface area (Å²) in [5.41, 5.74) is 3.65. The third-order valence-corrected chi connectivity index (χ3v) is 4.35. The van der Waals surface area contributed by atoms with Gasteiger partial charge in [0.25, 0.3) is 0 Å². The molecule has 0 aliphatic carbocycles. The number of nitrogens with zero attached hydrogens (tertiary/aromatic N) is 2. The fourth-order valence-electron chi connectivity index (χ4n) is 3.29. The Balaban J connectivity index is 2.05. The lowest BCUT2D eigenvalue weighted by Gasteiger charge is -2.28. The number of benzene rings is 1. The zero-order valence-electron chi connectivity index (χ0n) is 13.4. The highest BCUT2D eigenvalue weighted by Gasteiger charge is 2.29. The van der Waals surface area contributed by atoms with Crippen LogP contribution in [0.25, 0.3) is 10.9 Å². The van der Waals surface area contributed by atoms with Crippen LogP contribution in [0.15, 0.2) is 24.4 Å². The van der Waals surface area contributed by atoms with Crippen molar-refractivity contribution in [2.45, 2.75) is 47.2 Å². The summed E-state index contributed by atoms with van der Waals surface area (Å²) in [5, 5.41) is 1.36. The van der Waals surface area contributed by atoms with E-state index in [4.69, 9.17) is 0 Å². The Labute approximate surface area is 126 Å². The van der Waals surface area contributed by atoms with E-state index in [9.17, 15) is 4.79 Å². The average molecular weight is 284 g/mol. The van der Waals surface area contributed by atoms with Crippen LogP contribution in [-0.2, 0) is 24.3 Å². The van der Waals surface area contributed by atoms with Gasteiger partial charge < -0.3 is 9.47 Å². The van der Waals surface area contributed by atoms with Gasteiger partial charge in [-0.2, -0.15) is 0 Å². The SMILES string of the molecule is CCn1cc2c3c(cccc31)CN(C(=O)C(C)(C)C)CC2. The van der Waals surface area contributed by atoms with Crippen LogP contribution in [-0.4, -0.2) is 21.9 Å². The molecule has 1 aliphatic heterocycles. The van der Waals surface area contributed by atoms with Crippen LogP contribution in [0.3, 0.4) is 0 Å². The lowest BCUT2D eigenvalue weighted by Crippen LogP contribution is -2.39. The predicted molar refractivity (Wildman–Crippen MR) is 86.2 cm³/mol. The molecule has 2 aromatic rings. The van der Waals surface area contributed by atoms with Crippen molar-refractivity contribution >= 4 is 16.8 Å². The van der Waals surface area contributed by atoms with Crippen molar-refractivity contribution in [3.8, 4) is 0 Å². The molecule has 2 heterocycles. The standard InChI is InChI=1S/C18H24N2O/c1-5-19-11-14-9-10-20(17(21)18(2,3)4)12-13-7-6-8-15(19)16(13)14/h6-8,11H,5,9-10,12H2,1-4H3. The van der Waals surface area contributed by atoms with E-state index in [0.29, 0.717) is 0 Å². The molecule has 0 bridgehead atoms. The lowest BCUT2D eigenvalue weighted by molar-refractivity contribution is -0.140. The molecule has 1 aromatic heterocycles. The van der Waals surface area contributed by atoms with Gasteiger partial charge in [0.05, 0.1) is 0 Å². The fraction of sp³-hybridized carbons (Fsp3) is 0.500. The number of aryl methyl sites for hydroxylation is 1. The Morgan fingerprint density at radius 1 is 1.24 bits per heavy atom. The highest BCUT2D eigenvalue weighted by Crippen LogP contribution is 2.31. The highest BCUT2D eigenvalue weighted by atomic mass is 16.2. The molecular weight excluding hydrogens is 260 g/mol. The van der Waals surface area contributed by atoms with E-state index < -0.39 is 0 Å². The van der Waals surface area contributed by atoms with Gasteiger partial charge in [-0.3, -0.25) is 4.79 Å². The molecule has 3 rings (SSSR count). The molecule has 3 nitrogen and oxygen atoms in total. The van der Waals surface area contributed by atoms with Crippen molar-refractivity contribution in [1.29, 1.82) is 0 Å². The molecule has 3 heteroatoms. The van der Waals surface area contributed by atoms with Crippen molar-refractivity contribution in [2.75, 3.05) is 6.54 Å². The zero-order valence-corrected chi connectivity index (χ0v) is 13.4. The van der Waals surface area contributed by atoms with Crippen LogP contribution in [0.5, 0.6) is 0 Å². The molecule has 1 aliphatic rings. The van der Waals surface area contributed by atoms with Crippen LogP contribution in [0, 0.1) is 5.41 Å². The van der Waals surface area contributed by atoms with Crippen molar-refractivity contribution in [1.82, 2.24) is 9.47 Å². The maximum absolute atomic E-state index is 12.6. The fourth-order valence-corrected chi connectivity index (χ4v) is 3.29. The quantitative estimate of drug-likeness (QED) is 0.785. The van der Waals surface area contributed by atoms with Gasteiger partial charge >= 0.3 is 0 Å². The van der Waals surface area contributed by atoms with Gasteiger partial charge in [-0.15, -0.1) is 0 Å². The molecule has 0 fully saturated rings. The van der Waals surface area contributed by atoms with E-state index in [1.54, 1.807) is 0 Å². The Morgan fingerprint density at radius 2 is 2.00 bits per heavy atom. The number of hydrogen-bond acceptors (Lipinski definition) is 1. The van der Waals surface area contributed by atoms with Gasteiger partial charge in [0, 0.05) is 42.1 Å². The van der Waals surface area contributed by atoms with Crippen molar-refractivity contribution in [3.63, 3.8) is 0 Å². The number of carbonyl (C=O) groups excluding carboxylic acids is 1. The first-order valence-electron chi connectivity index (χ1n) is 7.81. The lowest BCUT2D eigenvalue weighted by atomic mass is 9.94. The van der Waals surface area contributed by atoms with E-state index in [-0.39, 0.29) is 11.3 Å². The minimum Gasteiger partial charge on any atom is -0.347 e. The second-order valence-corrected chi connectivity index (χ2v) is 6.98. The number of carbonyl (C=O) groups is 1. The van der Waals surface area contributed by atoms with E-state index in [2.05, 4.69) is 35.9 Å². The summed E-state index contributed by atoms with van der Waals surface area (Å²) in [6.45, 7) is 10.7. The van der Waals surface area contributed by atoms with Crippen LogP contribution >= 0.6 is 0 Å². The first-order chi connectivity index (χ1) is 9.91. The van der Waals surface area contributed by atoms with Crippen molar-refractivity contribution in [3.05, 3.63) is 35.5 Å². The second kappa shape index (κ2) is 4.90. The summed E-state index contributed by atoms with van der Waals surface area (Å²) in [4.78, 5) is 14.6. The molecule has 0 N–H and O–H groups in total. The van der Waals surface area contributed by atoms with Crippen LogP contribution in [0.2, 0.25) is 0 Å². The average Bonchev–Trinajstić information content (AvgIpc) is 2.69. The summed E-state index contributed by atoms with van der Waals surface area (Å²) in [6, 6.07) is 6.46. The highest BCUT2D eigenvalue weighted by molar-refractivity contribution is 5.89. The Morgan fingerprint density at radius 3 is 2.67 bits per heavy atom. The zero-order chi connectivity index (χ0) is 15.2. The van der Waals surface area contributed by atoms with E-state index >= 15 is 0 Å². The van der Waals surface area contributed by atoms with Gasteiger partial charge in [-0.25, -0.2) is 0 Å². The monoisotopic (exact) mass is 284 g/mol. The largest absolute Gasteiger partial charge is 0.347 e. The van der Waals surface area contributed by atoms with Crippen LogP contribution in [0.4, 0.5) is 0 Å². The summed E-state index contributed by atoms with van der Waals surface area (Å²) in [5.74, 6) is 0.244. The van der Waals surface area contributed by atoms with Crippen molar-refractivity contribution < 1.29 is 4.79 Å². The van der Waals surface area contributed by atoms with E-state index in [0.717, 1.165) is 26.1 Å². The Bertz CT molecular complexity index is 691. The van der Waals surface area contributed by atoms with Gasteiger partial charge in [-0.05, 0) is 30.5 Å². The molecule has 0 unspecified atom stereocenters. The van der Waals surface area contributed by atoms with Crippen LogP contribution in [0.1, 0.15) is 38.8 Å². The summed E-state index contributed by atoms with van der Waals surface area (Å²) in [6.07, 6.45) is 3.21. The predicted octanol–water partition coefficient (Wildman–Crippen LogP) is 3.59. The third kappa shape index (κ3) is 2.35. The molecule has 1 amide bonds. The molecule has 0 atom stereocenters. The van der Waals surface area contributed by atoms with Gasteiger partial charge in [-0.1, -0.05) is 32.9 Å². The second-order valence-electron chi connectivity index (χ2n) is 6.98. The summed E-state index contributed by atoms with van der Waals surface area (Å²) in [7, 11) is 0. The van der Waals surface area contributed by atoms with E-state index in [1.807, 2.05) is 25.7 Å². The van der Waals surface area contributed by atoms with Gasteiger partial charge in [0.1, 0.15) is 0 Å². The topological polar surface area (TPSA) is 25.2 Å². The normalized spacial score (nSPS) is 15.3. The molecule has 112 valence electrons. The molecule has 0 radical (unpaired) electrons. The number of aromatic nitrogens is 1. The number of rotatable bonds is 1. The summed E-state index contributed by atoms with van der Waals surface area (Å²) < 4.78 is 2.31. The molecule has 0 spiro atoms. The van der Waals surface area contributed by atoms with Gasteiger partial charge in [0.15, 0.2) is 0 Å². The summed E-state index contributed by atoms with van der Waals surface area (Å²) >= 11 is 0. The maximum atomic E-state index is 12.6. The number of amides is 1. The molecule has 0 saturated heterocycles. The van der Waals surface area contributed by atoms with E-state index in [1.165, 1.54) is 22.0 Å². The third-order valence-electron chi connectivity index (χ3n) is 4.35. The molecule has 21 heavy (non-hydrogen) atoms. The van der Waals surface area contributed by atoms with Crippen molar-refractivity contribution in [2.24, 2.45) is 5.41 Å². The Hall–Kier alpha value is -1.77. The minimum absolute atomic E-state index is 0.244. The maximum Gasteiger partial charge on any atom is 0.228 e. The number of hydrogen-bond donors (Lipinski definition) is 0. The molecule has 1 aromatic carbocycles. The molecule has 0 saturated carbocycles.